The van der Waals surface area contributed by atoms with Crippen molar-refractivity contribution in [3.05, 3.63) is 77.6 Å². The molecule has 158 valence electrons. The van der Waals surface area contributed by atoms with E-state index in [0.29, 0.717) is 19.4 Å². The number of aryl methyl sites for hydroxylation is 3. The molecule has 1 aliphatic rings. The van der Waals surface area contributed by atoms with Crippen molar-refractivity contribution >= 4 is 16.8 Å². The van der Waals surface area contributed by atoms with Crippen molar-refractivity contribution < 1.29 is 9.18 Å². The minimum Gasteiger partial charge on any atom is -0.354 e. The number of hydrogen-bond donors (Lipinski definition) is 2. The summed E-state index contributed by atoms with van der Waals surface area (Å²) in [6.45, 7) is 1.47. The van der Waals surface area contributed by atoms with E-state index in [9.17, 15) is 9.18 Å². The summed E-state index contributed by atoms with van der Waals surface area (Å²) in [7, 11) is 0. The van der Waals surface area contributed by atoms with Crippen LogP contribution in [0.25, 0.3) is 22.2 Å². The fraction of sp³-hybridized carbons (Fsp3) is 0.280. The van der Waals surface area contributed by atoms with Crippen molar-refractivity contribution in [2.75, 3.05) is 0 Å². The van der Waals surface area contributed by atoms with Gasteiger partial charge in [-0.2, -0.15) is 0 Å². The SMILES string of the molecule is O=C(CCc1c(-c2ccc(F)cc2)[nH]c2ccccc12)NCc1cn2c(n1)CCCC2. The number of amides is 1. The first-order valence-electron chi connectivity index (χ1n) is 10.8. The summed E-state index contributed by atoms with van der Waals surface area (Å²) in [6, 6.07) is 14.5. The molecule has 0 radical (unpaired) electrons. The highest BCUT2D eigenvalue weighted by atomic mass is 19.1. The van der Waals surface area contributed by atoms with Gasteiger partial charge in [0.1, 0.15) is 11.6 Å². The topological polar surface area (TPSA) is 62.7 Å². The Kier molecular flexibility index (Phi) is 5.28. The number of carbonyl (C=O) groups excluding carboxylic acids is 1. The van der Waals surface area contributed by atoms with Gasteiger partial charge in [0.15, 0.2) is 0 Å². The molecule has 0 saturated carbocycles. The largest absolute Gasteiger partial charge is 0.354 e. The van der Waals surface area contributed by atoms with Crippen LogP contribution in [0.2, 0.25) is 0 Å². The number of aromatic amines is 1. The Bertz CT molecular complexity index is 1200. The van der Waals surface area contributed by atoms with E-state index in [4.69, 9.17) is 0 Å². The van der Waals surface area contributed by atoms with Crippen molar-refractivity contribution in [1.82, 2.24) is 19.9 Å². The van der Waals surface area contributed by atoms with Crippen LogP contribution in [-0.2, 0) is 30.7 Å². The summed E-state index contributed by atoms with van der Waals surface area (Å²) in [5.74, 6) is 0.862. The van der Waals surface area contributed by atoms with E-state index in [2.05, 4.69) is 32.1 Å². The average Bonchev–Trinajstić information content (AvgIpc) is 3.38. The molecule has 0 unspecified atom stereocenters. The Morgan fingerprint density at radius 1 is 1.13 bits per heavy atom. The molecule has 4 aromatic rings. The van der Waals surface area contributed by atoms with Gasteiger partial charge in [0, 0.05) is 42.2 Å². The van der Waals surface area contributed by atoms with Gasteiger partial charge in [-0.25, -0.2) is 9.37 Å². The first-order valence-corrected chi connectivity index (χ1v) is 10.8. The number of para-hydroxylation sites is 1. The third-order valence-corrected chi connectivity index (χ3v) is 5.97. The number of rotatable bonds is 6. The van der Waals surface area contributed by atoms with Crippen molar-refractivity contribution in [3.63, 3.8) is 0 Å². The van der Waals surface area contributed by atoms with Crippen LogP contribution >= 0.6 is 0 Å². The first kappa shape index (κ1) is 19.5. The van der Waals surface area contributed by atoms with E-state index in [1.54, 1.807) is 12.1 Å². The number of halogens is 1. The fourth-order valence-electron chi connectivity index (χ4n) is 4.40. The van der Waals surface area contributed by atoms with Crippen molar-refractivity contribution in [3.8, 4) is 11.3 Å². The Hall–Kier alpha value is -3.41. The number of nitrogens with one attached hydrogen (secondary N) is 2. The lowest BCUT2D eigenvalue weighted by Gasteiger charge is -2.11. The summed E-state index contributed by atoms with van der Waals surface area (Å²) in [4.78, 5) is 20.7. The molecule has 2 aromatic carbocycles. The predicted molar refractivity (Wildman–Crippen MR) is 119 cm³/mol. The van der Waals surface area contributed by atoms with Gasteiger partial charge in [-0.3, -0.25) is 4.79 Å². The number of H-pyrrole nitrogens is 1. The molecule has 5 nitrogen and oxygen atoms in total. The molecule has 0 aliphatic carbocycles. The van der Waals surface area contributed by atoms with E-state index in [1.807, 2.05) is 18.2 Å². The maximum atomic E-state index is 13.4. The van der Waals surface area contributed by atoms with Crippen LogP contribution in [0.15, 0.2) is 54.7 Å². The molecule has 1 aliphatic heterocycles. The minimum absolute atomic E-state index is 0.00121. The molecule has 0 fully saturated rings. The molecule has 0 bridgehead atoms. The van der Waals surface area contributed by atoms with Crippen LogP contribution in [-0.4, -0.2) is 20.4 Å². The lowest BCUT2D eigenvalue weighted by atomic mass is 10.0. The first-order chi connectivity index (χ1) is 15.2. The van der Waals surface area contributed by atoms with Crippen LogP contribution in [0.4, 0.5) is 4.39 Å². The number of carbonyl (C=O) groups is 1. The normalized spacial score (nSPS) is 13.3. The Labute approximate surface area is 180 Å². The monoisotopic (exact) mass is 416 g/mol. The molecule has 6 heteroatoms. The van der Waals surface area contributed by atoms with E-state index in [-0.39, 0.29) is 11.7 Å². The molecule has 31 heavy (non-hydrogen) atoms. The number of nitrogens with zero attached hydrogens (tertiary/aromatic N) is 2. The molecule has 1 amide bonds. The highest BCUT2D eigenvalue weighted by Crippen LogP contribution is 2.31. The second-order valence-corrected chi connectivity index (χ2v) is 8.11. The van der Waals surface area contributed by atoms with Gasteiger partial charge in [0.25, 0.3) is 0 Å². The molecule has 2 N–H and O–H groups in total. The average molecular weight is 417 g/mol. The van der Waals surface area contributed by atoms with Gasteiger partial charge >= 0.3 is 0 Å². The van der Waals surface area contributed by atoms with Crippen LogP contribution in [0.1, 0.15) is 36.3 Å². The summed E-state index contributed by atoms with van der Waals surface area (Å²) >= 11 is 0. The lowest BCUT2D eigenvalue weighted by molar-refractivity contribution is -0.121. The lowest BCUT2D eigenvalue weighted by Crippen LogP contribution is -2.23. The maximum absolute atomic E-state index is 13.4. The van der Waals surface area contributed by atoms with Crippen LogP contribution < -0.4 is 5.32 Å². The molecule has 0 saturated heterocycles. The van der Waals surface area contributed by atoms with Gasteiger partial charge < -0.3 is 14.9 Å². The van der Waals surface area contributed by atoms with Crippen LogP contribution in [0, 0.1) is 5.82 Å². The summed E-state index contributed by atoms with van der Waals surface area (Å²) in [5.41, 5.74) is 4.87. The van der Waals surface area contributed by atoms with E-state index >= 15 is 0 Å². The zero-order chi connectivity index (χ0) is 21.2. The molecular weight excluding hydrogens is 391 g/mol. The van der Waals surface area contributed by atoms with Crippen molar-refractivity contribution in [2.24, 2.45) is 0 Å². The maximum Gasteiger partial charge on any atom is 0.220 e. The molecular formula is C25H25FN4O. The third kappa shape index (κ3) is 4.10. The number of hydrogen-bond acceptors (Lipinski definition) is 2. The van der Waals surface area contributed by atoms with Crippen molar-refractivity contribution in [1.29, 1.82) is 0 Å². The molecule has 2 aromatic heterocycles. The molecule has 3 heterocycles. The second kappa shape index (κ2) is 8.38. The second-order valence-electron chi connectivity index (χ2n) is 8.11. The number of imidazole rings is 1. The van der Waals surface area contributed by atoms with Crippen LogP contribution in [0.5, 0.6) is 0 Å². The van der Waals surface area contributed by atoms with Gasteiger partial charge in [-0.05, 0) is 60.7 Å². The number of benzene rings is 2. The minimum atomic E-state index is -0.262. The number of aromatic nitrogens is 3. The predicted octanol–water partition coefficient (Wildman–Crippen LogP) is 4.76. The zero-order valence-electron chi connectivity index (χ0n) is 17.3. The molecule has 0 atom stereocenters. The number of fused-ring (bicyclic) bond motifs is 2. The smallest absolute Gasteiger partial charge is 0.220 e. The summed E-state index contributed by atoms with van der Waals surface area (Å²) in [5, 5.41) is 4.10. The Morgan fingerprint density at radius 3 is 2.81 bits per heavy atom. The third-order valence-electron chi connectivity index (χ3n) is 5.97. The van der Waals surface area contributed by atoms with Gasteiger partial charge in [0.05, 0.1) is 12.2 Å². The highest BCUT2D eigenvalue weighted by Gasteiger charge is 2.16. The van der Waals surface area contributed by atoms with Gasteiger partial charge in [0.2, 0.25) is 5.91 Å². The van der Waals surface area contributed by atoms with Crippen LogP contribution in [0.3, 0.4) is 0 Å². The van der Waals surface area contributed by atoms with Crippen molar-refractivity contribution in [2.45, 2.75) is 45.2 Å². The van der Waals surface area contributed by atoms with E-state index in [1.165, 1.54) is 25.0 Å². The standard InChI is InChI=1S/C25H25FN4O/c26-18-10-8-17(9-11-18)25-21(20-5-1-2-6-22(20)29-25)12-13-24(31)27-15-19-16-30-14-4-3-7-23(30)28-19/h1-2,5-6,8-11,16,29H,3-4,7,12-15H2,(H,27,31). The Balaban J connectivity index is 1.29. The van der Waals surface area contributed by atoms with E-state index in [0.717, 1.165) is 52.2 Å². The van der Waals surface area contributed by atoms with Gasteiger partial charge in [-0.1, -0.05) is 18.2 Å². The van der Waals surface area contributed by atoms with E-state index < -0.39 is 0 Å². The summed E-state index contributed by atoms with van der Waals surface area (Å²) < 4.78 is 15.6. The van der Waals surface area contributed by atoms with Gasteiger partial charge in [-0.15, -0.1) is 0 Å². The molecule has 0 spiro atoms. The highest BCUT2D eigenvalue weighted by molar-refractivity contribution is 5.91. The molecule has 5 rings (SSSR count). The summed E-state index contributed by atoms with van der Waals surface area (Å²) in [6.07, 6.45) is 6.42. The quantitative estimate of drug-likeness (QED) is 0.476. The Morgan fingerprint density at radius 2 is 1.97 bits per heavy atom. The zero-order valence-corrected chi connectivity index (χ0v) is 17.3. The fourth-order valence-corrected chi connectivity index (χ4v) is 4.40.